The highest BCUT2D eigenvalue weighted by atomic mass is 16.4. The largest absolute Gasteiger partial charge is 0.475 e. The van der Waals surface area contributed by atoms with E-state index in [-0.39, 0.29) is 5.76 Å². The molecule has 0 unspecified atom stereocenters. The van der Waals surface area contributed by atoms with Crippen molar-refractivity contribution in [3.05, 3.63) is 23.7 Å². The third-order valence-electron chi connectivity index (χ3n) is 2.47. The molecule has 4 heteroatoms. The molecule has 16 heavy (non-hydrogen) atoms. The lowest BCUT2D eigenvalue weighted by atomic mass is 10.2. The molecule has 0 spiro atoms. The highest BCUT2D eigenvalue weighted by molar-refractivity contribution is 5.84. The van der Waals surface area contributed by atoms with Gasteiger partial charge < -0.3 is 9.52 Å². The van der Waals surface area contributed by atoms with E-state index in [1.165, 1.54) is 6.07 Å². The fourth-order valence-electron chi connectivity index (χ4n) is 1.59. The Balaban J connectivity index is 2.66. The molecule has 1 aromatic heterocycles. The summed E-state index contributed by atoms with van der Waals surface area (Å²) in [5, 5.41) is 8.74. The molecule has 0 saturated carbocycles. The normalized spacial score (nSPS) is 11.3. The van der Waals surface area contributed by atoms with Gasteiger partial charge in [0.25, 0.3) is 0 Å². The van der Waals surface area contributed by atoms with Crippen molar-refractivity contribution in [2.45, 2.75) is 39.8 Å². The molecule has 0 saturated heterocycles. The molecule has 1 aromatic rings. The van der Waals surface area contributed by atoms with Crippen LogP contribution in [0.2, 0.25) is 0 Å². The summed E-state index contributed by atoms with van der Waals surface area (Å²) in [5.41, 5.74) is 0. The fourth-order valence-corrected chi connectivity index (χ4v) is 1.59. The van der Waals surface area contributed by atoms with Crippen molar-refractivity contribution in [3.8, 4) is 0 Å². The topological polar surface area (TPSA) is 53.7 Å². The zero-order valence-corrected chi connectivity index (χ0v) is 10.1. The number of hydrogen-bond acceptors (Lipinski definition) is 3. The SMILES string of the molecule is CCCN(Cc1ccc(C(=O)O)o1)C(C)C. The maximum atomic E-state index is 10.7. The zero-order valence-electron chi connectivity index (χ0n) is 10.1. The quantitative estimate of drug-likeness (QED) is 0.808. The zero-order chi connectivity index (χ0) is 12.1. The van der Waals surface area contributed by atoms with Crippen LogP contribution in [0.4, 0.5) is 0 Å². The van der Waals surface area contributed by atoms with Crippen LogP contribution in [-0.4, -0.2) is 28.6 Å². The first kappa shape index (κ1) is 12.8. The Morgan fingerprint density at radius 1 is 1.50 bits per heavy atom. The molecule has 1 N–H and O–H groups in total. The van der Waals surface area contributed by atoms with Gasteiger partial charge in [0, 0.05) is 6.04 Å². The molecule has 0 radical (unpaired) electrons. The standard InChI is InChI=1S/C12H19NO3/c1-4-7-13(9(2)3)8-10-5-6-11(16-10)12(14)15/h5-6,9H,4,7-8H2,1-3H3,(H,14,15). The van der Waals surface area contributed by atoms with Crippen molar-refractivity contribution in [2.24, 2.45) is 0 Å². The van der Waals surface area contributed by atoms with Gasteiger partial charge in [0.05, 0.1) is 6.54 Å². The molecule has 0 fully saturated rings. The number of furan rings is 1. The Labute approximate surface area is 95.9 Å². The second-order valence-corrected chi connectivity index (χ2v) is 4.14. The van der Waals surface area contributed by atoms with Crippen LogP contribution in [0.3, 0.4) is 0 Å². The molecule has 0 aliphatic heterocycles. The molecule has 0 aliphatic rings. The Hall–Kier alpha value is -1.29. The summed E-state index contributed by atoms with van der Waals surface area (Å²) < 4.78 is 5.23. The Morgan fingerprint density at radius 2 is 2.19 bits per heavy atom. The van der Waals surface area contributed by atoms with Gasteiger partial charge in [0.15, 0.2) is 0 Å². The number of nitrogens with zero attached hydrogens (tertiary/aromatic N) is 1. The molecular weight excluding hydrogens is 206 g/mol. The number of carboxylic acid groups (broad SMARTS) is 1. The molecule has 1 heterocycles. The van der Waals surface area contributed by atoms with Crippen molar-refractivity contribution in [3.63, 3.8) is 0 Å². The number of carbonyl (C=O) groups is 1. The third kappa shape index (κ3) is 3.38. The van der Waals surface area contributed by atoms with Crippen molar-refractivity contribution in [1.29, 1.82) is 0 Å². The predicted molar refractivity (Wildman–Crippen MR) is 61.5 cm³/mol. The maximum absolute atomic E-state index is 10.7. The third-order valence-corrected chi connectivity index (χ3v) is 2.47. The van der Waals surface area contributed by atoms with Gasteiger partial charge >= 0.3 is 5.97 Å². The van der Waals surface area contributed by atoms with E-state index in [1.54, 1.807) is 6.07 Å². The summed E-state index contributed by atoms with van der Waals surface area (Å²) in [6.07, 6.45) is 1.07. The number of carboxylic acids is 1. The Kier molecular flexibility index (Phi) is 4.55. The van der Waals surface area contributed by atoms with E-state index in [1.807, 2.05) is 0 Å². The van der Waals surface area contributed by atoms with Gasteiger partial charge in [-0.1, -0.05) is 6.92 Å². The van der Waals surface area contributed by atoms with Crippen molar-refractivity contribution < 1.29 is 14.3 Å². The molecule has 90 valence electrons. The summed E-state index contributed by atoms with van der Waals surface area (Å²) in [6, 6.07) is 3.66. The average molecular weight is 225 g/mol. The van der Waals surface area contributed by atoms with Crippen LogP contribution in [0, 0.1) is 0 Å². The summed E-state index contributed by atoms with van der Waals surface area (Å²) in [6.45, 7) is 8.02. The lowest BCUT2D eigenvalue weighted by Crippen LogP contribution is -2.30. The van der Waals surface area contributed by atoms with E-state index in [0.29, 0.717) is 18.3 Å². The molecule has 0 amide bonds. The fraction of sp³-hybridized carbons (Fsp3) is 0.583. The first-order chi connectivity index (χ1) is 7.54. The van der Waals surface area contributed by atoms with Crippen LogP contribution in [0.25, 0.3) is 0 Å². The van der Waals surface area contributed by atoms with Gasteiger partial charge in [-0.2, -0.15) is 0 Å². The summed E-state index contributed by atoms with van der Waals surface area (Å²) in [7, 11) is 0. The van der Waals surface area contributed by atoms with Gasteiger partial charge in [-0.25, -0.2) is 4.79 Å². The Bertz CT molecular complexity index is 344. The van der Waals surface area contributed by atoms with E-state index in [2.05, 4.69) is 25.7 Å². The molecular formula is C12H19NO3. The summed E-state index contributed by atoms with van der Waals surface area (Å²) in [5.74, 6) is -0.299. The average Bonchev–Trinajstić information content (AvgIpc) is 2.65. The summed E-state index contributed by atoms with van der Waals surface area (Å²) in [4.78, 5) is 12.9. The van der Waals surface area contributed by atoms with Gasteiger partial charge in [-0.05, 0) is 38.9 Å². The molecule has 4 nitrogen and oxygen atoms in total. The minimum Gasteiger partial charge on any atom is -0.475 e. The second kappa shape index (κ2) is 5.70. The smallest absolute Gasteiger partial charge is 0.371 e. The van der Waals surface area contributed by atoms with E-state index in [0.717, 1.165) is 13.0 Å². The van der Waals surface area contributed by atoms with E-state index in [4.69, 9.17) is 9.52 Å². The monoisotopic (exact) mass is 225 g/mol. The first-order valence-corrected chi connectivity index (χ1v) is 5.60. The first-order valence-electron chi connectivity index (χ1n) is 5.60. The van der Waals surface area contributed by atoms with Crippen LogP contribution in [0.5, 0.6) is 0 Å². The van der Waals surface area contributed by atoms with Gasteiger partial charge in [-0.15, -0.1) is 0 Å². The minimum absolute atomic E-state index is 0.00945. The van der Waals surface area contributed by atoms with Gasteiger partial charge in [0.2, 0.25) is 5.76 Å². The predicted octanol–water partition coefficient (Wildman–Crippen LogP) is 2.60. The van der Waals surface area contributed by atoms with E-state index in [9.17, 15) is 4.79 Å². The van der Waals surface area contributed by atoms with Crippen molar-refractivity contribution in [1.82, 2.24) is 4.90 Å². The second-order valence-electron chi connectivity index (χ2n) is 4.14. The van der Waals surface area contributed by atoms with Crippen LogP contribution < -0.4 is 0 Å². The lowest BCUT2D eigenvalue weighted by molar-refractivity contribution is 0.0657. The number of aromatic carboxylic acids is 1. The molecule has 0 bridgehead atoms. The molecule has 0 atom stereocenters. The number of rotatable bonds is 6. The van der Waals surface area contributed by atoms with Gasteiger partial charge in [0.1, 0.15) is 5.76 Å². The van der Waals surface area contributed by atoms with Crippen LogP contribution in [0.15, 0.2) is 16.5 Å². The molecule has 0 aliphatic carbocycles. The minimum atomic E-state index is -1.02. The van der Waals surface area contributed by atoms with Crippen LogP contribution in [0.1, 0.15) is 43.5 Å². The van der Waals surface area contributed by atoms with E-state index < -0.39 is 5.97 Å². The number of hydrogen-bond donors (Lipinski definition) is 1. The van der Waals surface area contributed by atoms with Gasteiger partial charge in [-0.3, -0.25) is 4.90 Å². The van der Waals surface area contributed by atoms with Crippen LogP contribution in [-0.2, 0) is 6.54 Å². The van der Waals surface area contributed by atoms with Crippen molar-refractivity contribution >= 4 is 5.97 Å². The molecule has 1 rings (SSSR count). The Morgan fingerprint density at radius 3 is 2.62 bits per heavy atom. The van der Waals surface area contributed by atoms with E-state index >= 15 is 0 Å². The summed E-state index contributed by atoms with van der Waals surface area (Å²) >= 11 is 0. The highest BCUT2D eigenvalue weighted by Gasteiger charge is 2.13. The van der Waals surface area contributed by atoms with Crippen LogP contribution >= 0.6 is 0 Å². The highest BCUT2D eigenvalue weighted by Crippen LogP contribution is 2.12. The molecule has 0 aromatic carbocycles. The maximum Gasteiger partial charge on any atom is 0.371 e. The lowest BCUT2D eigenvalue weighted by Gasteiger charge is -2.24. The van der Waals surface area contributed by atoms with Crippen molar-refractivity contribution in [2.75, 3.05) is 6.54 Å².